The highest BCUT2D eigenvalue weighted by atomic mass is 16.6. The van der Waals surface area contributed by atoms with Crippen molar-refractivity contribution >= 4 is 17.3 Å². The summed E-state index contributed by atoms with van der Waals surface area (Å²) in [6.45, 7) is 2.46. The Morgan fingerprint density at radius 3 is 2.48 bits per heavy atom. The number of rotatable bonds is 3. The molecule has 1 saturated heterocycles. The van der Waals surface area contributed by atoms with E-state index in [4.69, 9.17) is 5.73 Å². The number of nitro groups is 1. The Morgan fingerprint density at radius 2 is 1.87 bits per heavy atom. The highest BCUT2D eigenvalue weighted by Crippen LogP contribution is 2.30. The standard InChI is InChI=1S/C16H22N4O3/c17-13-6-5-12(11-13)16(21)19-9-7-18(8-10-19)14-3-1-2-4-15(14)20(22)23/h1-4,12-13H,5-11,17H2. The molecule has 1 aliphatic heterocycles. The van der Waals surface area contributed by atoms with Gasteiger partial charge in [-0.3, -0.25) is 14.9 Å². The van der Waals surface area contributed by atoms with Crippen molar-refractivity contribution in [3.63, 3.8) is 0 Å². The number of nitrogens with zero attached hydrogens (tertiary/aromatic N) is 3. The van der Waals surface area contributed by atoms with Crippen LogP contribution in [-0.4, -0.2) is 48.0 Å². The Morgan fingerprint density at radius 1 is 1.17 bits per heavy atom. The van der Waals surface area contributed by atoms with E-state index in [1.165, 1.54) is 6.07 Å². The first-order valence-corrected chi connectivity index (χ1v) is 8.09. The second kappa shape index (κ2) is 6.54. The highest BCUT2D eigenvalue weighted by molar-refractivity contribution is 5.79. The van der Waals surface area contributed by atoms with Gasteiger partial charge in [0.2, 0.25) is 5.91 Å². The molecule has 2 atom stereocenters. The van der Waals surface area contributed by atoms with E-state index in [0.29, 0.717) is 31.9 Å². The minimum absolute atomic E-state index is 0.0580. The molecule has 2 aliphatic rings. The first kappa shape index (κ1) is 15.7. The second-order valence-corrected chi connectivity index (χ2v) is 6.33. The van der Waals surface area contributed by atoms with Gasteiger partial charge in [0.25, 0.3) is 5.69 Å². The summed E-state index contributed by atoms with van der Waals surface area (Å²) in [7, 11) is 0. The predicted octanol–water partition coefficient (Wildman–Crippen LogP) is 1.37. The monoisotopic (exact) mass is 318 g/mol. The van der Waals surface area contributed by atoms with Gasteiger partial charge < -0.3 is 15.5 Å². The van der Waals surface area contributed by atoms with Crippen LogP contribution in [-0.2, 0) is 4.79 Å². The molecule has 3 rings (SSSR count). The fraction of sp³-hybridized carbons (Fsp3) is 0.562. The molecule has 7 heteroatoms. The topological polar surface area (TPSA) is 92.7 Å². The number of nitrogens with two attached hydrogens (primary N) is 1. The average Bonchev–Trinajstić information content (AvgIpc) is 3.01. The van der Waals surface area contributed by atoms with Gasteiger partial charge in [-0.15, -0.1) is 0 Å². The van der Waals surface area contributed by atoms with Crippen molar-refractivity contribution < 1.29 is 9.72 Å². The van der Waals surface area contributed by atoms with E-state index in [1.807, 2.05) is 9.80 Å². The van der Waals surface area contributed by atoms with Crippen LogP contribution in [0.1, 0.15) is 19.3 Å². The number of amides is 1. The maximum Gasteiger partial charge on any atom is 0.292 e. The van der Waals surface area contributed by atoms with Crippen LogP contribution in [0.25, 0.3) is 0 Å². The van der Waals surface area contributed by atoms with E-state index >= 15 is 0 Å². The summed E-state index contributed by atoms with van der Waals surface area (Å²) in [5, 5.41) is 11.1. The van der Waals surface area contributed by atoms with Gasteiger partial charge in [0.15, 0.2) is 0 Å². The molecular formula is C16H22N4O3. The summed E-state index contributed by atoms with van der Waals surface area (Å²) in [5.41, 5.74) is 6.64. The molecule has 1 aromatic rings. The molecule has 1 saturated carbocycles. The maximum absolute atomic E-state index is 12.5. The maximum atomic E-state index is 12.5. The van der Waals surface area contributed by atoms with Crippen molar-refractivity contribution in [2.75, 3.05) is 31.1 Å². The van der Waals surface area contributed by atoms with Crippen molar-refractivity contribution in [2.45, 2.75) is 25.3 Å². The van der Waals surface area contributed by atoms with Crippen LogP contribution < -0.4 is 10.6 Å². The zero-order valence-electron chi connectivity index (χ0n) is 13.1. The number of nitro benzene ring substituents is 1. The zero-order chi connectivity index (χ0) is 16.4. The molecular weight excluding hydrogens is 296 g/mol. The first-order valence-electron chi connectivity index (χ1n) is 8.09. The first-order chi connectivity index (χ1) is 11.1. The molecule has 7 nitrogen and oxygen atoms in total. The molecule has 1 aliphatic carbocycles. The lowest BCUT2D eigenvalue weighted by Gasteiger charge is -2.36. The normalized spacial score (nSPS) is 24.7. The highest BCUT2D eigenvalue weighted by Gasteiger charge is 2.33. The third-order valence-electron chi connectivity index (χ3n) is 4.83. The van der Waals surface area contributed by atoms with Crippen LogP contribution in [0.4, 0.5) is 11.4 Å². The summed E-state index contributed by atoms with van der Waals surface area (Å²) in [5.74, 6) is 0.253. The molecule has 2 N–H and O–H groups in total. The summed E-state index contributed by atoms with van der Waals surface area (Å²) in [6, 6.07) is 6.92. The van der Waals surface area contributed by atoms with Crippen LogP contribution in [0.3, 0.4) is 0 Å². The molecule has 0 aromatic heterocycles. The fourth-order valence-corrected chi connectivity index (χ4v) is 3.55. The molecule has 23 heavy (non-hydrogen) atoms. The molecule has 0 spiro atoms. The Labute approximate surface area is 135 Å². The number of para-hydroxylation sites is 2. The van der Waals surface area contributed by atoms with Gasteiger partial charge in [-0.1, -0.05) is 12.1 Å². The number of carbonyl (C=O) groups is 1. The number of carbonyl (C=O) groups excluding carboxylic acids is 1. The number of hydrogen-bond acceptors (Lipinski definition) is 5. The van der Waals surface area contributed by atoms with Gasteiger partial charge in [0, 0.05) is 44.2 Å². The summed E-state index contributed by atoms with van der Waals surface area (Å²) in [6.07, 6.45) is 2.58. The SMILES string of the molecule is NC1CCC(C(=O)N2CCN(c3ccccc3[N+](=O)[O-])CC2)C1. The summed E-state index contributed by atoms with van der Waals surface area (Å²) in [4.78, 5) is 27.2. The van der Waals surface area contributed by atoms with Crippen LogP contribution in [0, 0.1) is 16.0 Å². The minimum atomic E-state index is -0.354. The van der Waals surface area contributed by atoms with E-state index in [1.54, 1.807) is 18.2 Å². The Kier molecular flexibility index (Phi) is 4.47. The van der Waals surface area contributed by atoms with Crippen molar-refractivity contribution in [3.8, 4) is 0 Å². The number of anilines is 1. The lowest BCUT2D eigenvalue weighted by molar-refractivity contribution is -0.384. The van der Waals surface area contributed by atoms with Crippen LogP contribution >= 0.6 is 0 Å². The molecule has 1 aromatic carbocycles. The van der Waals surface area contributed by atoms with Crippen LogP contribution in [0.5, 0.6) is 0 Å². The summed E-state index contributed by atoms with van der Waals surface area (Å²) < 4.78 is 0. The molecule has 1 heterocycles. The smallest absolute Gasteiger partial charge is 0.292 e. The Hall–Kier alpha value is -2.15. The van der Waals surface area contributed by atoms with E-state index in [9.17, 15) is 14.9 Å². The summed E-state index contributed by atoms with van der Waals surface area (Å²) >= 11 is 0. The average molecular weight is 318 g/mol. The van der Waals surface area contributed by atoms with E-state index in [2.05, 4.69) is 0 Å². The molecule has 0 radical (unpaired) electrons. The Bertz CT molecular complexity index is 599. The number of piperazine rings is 1. The largest absolute Gasteiger partial charge is 0.362 e. The van der Waals surface area contributed by atoms with Crippen LogP contribution in [0.15, 0.2) is 24.3 Å². The third kappa shape index (κ3) is 3.29. The van der Waals surface area contributed by atoms with Crippen molar-refractivity contribution in [1.29, 1.82) is 0 Å². The van der Waals surface area contributed by atoms with E-state index < -0.39 is 0 Å². The number of benzene rings is 1. The van der Waals surface area contributed by atoms with E-state index in [0.717, 1.165) is 19.3 Å². The van der Waals surface area contributed by atoms with Gasteiger partial charge in [-0.05, 0) is 25.3 Å². The molecule has 124 valence electrons. The van der Waals surface area contributed by atoms with Gasteiger partial charge in [0.05, 0.1) is 4.92 Å². The van der Waals surface area contributed by atoms with Gasteiger partial charge >= 0.3 is 0 Å². The number of hydrogen-bond donors (Lipinski definition) is 1. The quantitative estimate of drug-likeness (QED) is 0.671. The zero-order valence-corrected chi connectivity index (χ0v) is 13.1. The Balaban J connectivity index is 1.63. The molecule has 1 amide bonds. The van der Waals surface area contributed by atoms with E-state index in [-0.39, 0.29) is 28.5 Å². The molecule has 2 fully saturated rings. The molecule has 0 bridgehead atoms. The minimum Gasteiger partial charge on any atom is -0.362 e. The second-order valence-electron chi connectivity index (χ2n) is 6.33. The lowest BCUT2D eigenvalue weighted by Crippen LogP contribution is -2.50. The predicted molar refractivity (Wildman–Crippen MR) is 87.2 cm³/mol. The van der Waals surface area contributed by atoms with Crippen LogP contribution in [0.2, 0.25) is 0 Å². The third-order valence-corrected chi connectivity index (χ3v) is 4.83. The van der Waals surface area contributed by atoms with Crippen molar-refractivity contribution in [1.82, 2.24) is 4.90 Å². The van der Waals surface area contributed by atoms with Gasteiger partial charge in [-0.2, -0.15) is 0 Å². The molecule has 2 unspecified atom stereocenters. The van der Waals surface area contributed by atoms with Gasteiger partial charge in [-0.25, -0.2) is 0 Å². The van der Waals surface area contributed by atoms with Crippen molar-refractivity contribution in [3.05, 3.63) is 34.4 Å². The van der Waals surface area contributed by atoms with Gasteiger partial charge in [0.1, 0.15) is 5.69 Å². The lowest BCUT2D eigenvalue weighted by atomic mass is 10.1. The fourth-order valence-electron chi connectivity index (χ4n) is 3.55. The van der Waals surface area contributed by atoms with Crippen molar-refractivity contribution in [2.24, 2.45) is 11.7 Å².